The maximum Gasteiger partial charge on any atom is 0.270 e. The zero-order valence-electron chi connectivity index (χ0n) is 16.1. The van der Waals surface area contributed by atoms with Crippen LogP contribution in [0, 0.1) is 0 Å². The summed E-state index contributed by atoms with van der Waals surface area (Å²) >= 11 is 1.66. The first-order valence-electron chi connectivity index (χ1n) is 9.99. The zero-order chi connectivity index (χ0) is 19.6. The summed E-state index contributed by atoms with van der Waals surface area (Å²) in [6.45, 7) is 3.19. The molecule has 4 nitrogen and oxygen atoms in total. The molecule has 0 spiro atoms. The number of carbonyl (C=O) groups is 1. The van der Waals surface area contributed by atoms with Crippen molar-refractivity contribution in [2.24, 2.45) is 0 Å². The van der Waals surface area contributed by atoms with Crippen LogP contribution < -0.4 is 0 Å². The normalized spacial score (nSPS) is 15.3. The molecular formula is C24H23N3OS. The second-order valence-electron chi connectivity index (χ2n) is 7.43. The van der Waals surface area contributed by atoms with E-state index in [1.807, 2.05) is 22.4 Å². The summed E-state index contributed by atoms with van der Waals surface area (Å²) in [5.41, 5.74) is 4.33. The van der Waals surface area contributed by atoms with Gasteiger partial charge in [-0.25, -0.2) is 0 Å². The average Bonchev–Trinajstić information content (AvgIpc) is 3.38. The van der Waals surface area contributed by atoms with Crippen LogP contribution in [0.3, 0.4) is 0 Å². The summed E-state index contributed by atoms with van der Waals surface area (Å²) in [6, 6.07) is 25.5. The zero-order valence-corrected chi connectivity index (χ0v) is 16.9. The summed E-state index contributed by atoms with van der Waals surface area (Å²) in [5.74, 6) is 0.101. The van der Waals surface area contributed by atoms with Gasteiger partial charge in [-0.3, -0.25) is 9.69 Å². The van der Waals surface area contributed by atoms with Gasteiger partial charge in [0.1, 0.15) is 5.69 Å². The number of aromatic amines is 1. The maximum absolute atomic E-state index is 13.0. The average molecular weight is 402 g/mol. The van der Waals surface area contributed by atoms with Crippen molar-refractivity contribution in [1.29, 1.82) is 0 Å². The predicted octanol–water partition coefficient (Wildman–Crippen LogP) is 4.78. The van der Waals surface area contributed by atoms with Gasteiger partial charge in [0.05, 0.1) is 16.3 Å². The molecule has 1 amide bonds. The van der Waals surface area contributed by atoms with E-state index in [0.29, 0.717) is 5.69 Å². The smallest absolute Gasteiger partial charge is 0.270 e. The molecule has 1 saturated heterocycles. The van der Waals surface area contributed by atoms with Gasteiger partial charge in [0.25, 0.3) is 5.91 Å². The number of amides is 1. The Hall–Kier alpha value is -2.89. The molecule has 1 N–H and O–H groups in total. The first-order chi connectivity index (χ1) is 14.3. The molecule has 0 unspecified atom stereocenters. The van der Waals surface area contributed by atoms with Crippen molar-refractivity contribution in [3.05, 3.63) is 95.0 Å². The largest absolute Gasteiger partial charge is 0.350 e. The minimum atomic E-state index is 0.101. The number of nitrogens with zero attached hydrogens (tertiary/aromatic N) is 2. The van der Waals surface area contributed by atoms with E-state index >= 15 is 0 Å². The number of aromatic nitrogens is 1. The van der Waals surface area contributed by atoms with Crippen molar-refractivity contribution < 1.29 is 4.79 Å². The summed E-state index contributed by atoms with van der Waals surface area (Å²) in [6.07, 6.45) is 0. The Morgan fingerprint density at radius 1 is 0.862 bits per heavy atom. The number of hydrogen-bond acceptors (Lipinski definition) is 3. The first kappa shape index (κ1) is 18.2. The number of benzene rings is 2. The SMILES string of the molecule is O=C(c1cc2sccc2[nH]1)N1CCN(C(c2ccccc2)c2ccccc2)CC1. The Bertz CT molecular complexity index is 1030. The molecule has 4 aromatic rings. The fraction of sp³-hybridized carbons (Fsp3) is 0.208. The molecule has 2 aromatic heterocycles. The number of rotatable bonds is 4. The third-order valence-corrected chi connectivity index (χ3v) is 6.53. The summed E-state index contributed by atoms with van der Waals surface area (Å²) < 4.78 is 1.14. The lowest BCUT2D eigenvalue weighted by molar-refractivity contribution is 0.0593. The molecule has 0 atom stereocenters. The molecule has 146 valence electrons. The summed E-state index contributed by atoms with van der Waals surface area (Å²) in [7, 11) is 0. The second-order valence-corrected chi connectivity index (χ2v) is 8.38. The van der Waals surface area contributed by atoms with Crippen LogP contribution in [0.1, 0.15) is 27.7 Å². The van der Waals surface area contributed by atoms with E-state index in [0.717, 1.165) is 36.4 Å². The Labute approximate surface area is 174 Å². The summed E-state index contributed by atoms with van der Waals surface area (Å²) in [4.78, 5) is 20.7. The second kappa shape index (κ2) is 7.85. The van der Waals surface area contributed by atoms with Crippen LogP contribution in [0.15, 0.2) is 78.2 Å². The highest BCUT2D eigenvalue weighted by atomic mass is 32.1. The minimum Gasteiger partial charge on any atom is -0.350 e. The van der Waals surface area contributed by atoms with Gasteiger partial charge in [-0.05, 0) is 28.6 Å². The molecule has 0 aliphatic carbocycles. The van der Waals surface area contributed by atoms with Gasteiger partial charge < -0.3 is 9.88 Å². The van der Waals surface area contributed by atoms with Crippen LogP contribution in [0.5, 0.6) is 0 Å². The van der Waals surface area contributed by atoms with E-state index in [1.165, 1.54) is 11.1 Å². The molecule has 5 rings (SSSR count). The van der Waals surface area contributed by atoms with Gasteiger partial charge in [0, 0.05) is 26.2 Å². The molecule has 2 aromatic carbocycles. The number of H-pyrrole nitrogens is 1. The quantitative estimate of drug-likeness (QED) is 0.535. The van der Waals surface area contributed by atoms with Gasteiger partial charge in [0.15, 0.2) is 0 Å². The van der Waals surface area contributed by atoms with Gasteiger partial charge in [0.2, 0.25) is 0 Å². The van der Waals surface area contributed by atoms with Gasteiger partial charge in [-0.2, -0.15) is 0 Å². The van der Waals surface area contributed by atoms with Gasteiger partial charge >= 0.3 is 0 Å². The van der Waals surface area contributed by atoms with Crippen molar-refractivity contribution >= 4 is 27.5 Å². The van der Waals surface area contributed by atoms with Gasteiger partial charge in [-0.1, -0.05) is 60.7 Å². The third kappa shape index (κ3) is 3.59. The topological polar surface area (TPSA) is 39.3 Å². The Morgan fingerprint density at radius 2 is 1.48 bits per heavy atom. The number of nitrogens with one attached hydrogen (secondary N) is 1. The highest BCUT2D eigenvalue weighted by Crippen LogP contribution is 2.30. The van der Waals surface area contributed by atoms with Crippen LogP contribution in [0.25, 0.3) is 10.2 Å². The molecule has 1 fully saturated rings. The molecule has 29 heavy (non-hydrogen) atoms. The molecule has 0 radical (unpaired) electrons. The van der Waals surface area contributed by atoms with Crippen LogP contribution in [-0.4, -0.2) is 46.9 Å². The number of carbonyl (C=O) groups excluding carboxylic acids is 1. The van der Waals surface area contributed by atoms with Crippen LogP contribution >= 0.6 is 11.3 Å². The Morgan fingerprint density at radius 3 is 2.07 bits per heavy atom. The minimum absolute atomic E-state index is 0.101. The number of piperazine rings is 1. The molecule has 0 bridgehead atoms. The van der Waals surface area contributed by atoms with E-state index in [-0.39, 0.29) is 11.9 Å². The van der Waals surface area contributed by atoms with Gasteiger partial charge in [-0.15, -0.1) is 11.3 Å². The van der Waals surface area contributed by atoms with Crippen molar-refractivity contribution in [3.63, 3.8) is 0 Å². The van der Waals surface area contributed by atoms with Crippen molar-refractivity contribution in [3.8, 4) is 0 Å². The first-order valence-corrected chi connectivity index (χ1v) is 10.9. The van der Waals surface area contributed by atoms with E-state index < -0.39 is 0 Å². The third-order valence-electron chi connectivity index (χ3n) is 5.67. The highest BCUT2D eigenvalue weighted by Gasteiger charge is 2.29. The lowest BCUT2D eigenvalue weighted by atomic mass is 9.96. The molecule has 5 heteroatoms. The van der Waals surface area contributed by atoms with Crippen LogP contribution in [0.4, 0.5) is 0 Å². The number of fused-ring (bicyclic) bond motifs is 1. The number of thiophene rings is 1. The van der Waals surface area contributed by atoms with E-state index in [9.17, 15) is 4.79 Å². The highest BCUT2D eigenvalue weighted by molar-refractivity contribution is 7.17. The molecule has 1 aliphatic rings. The van der Waals surface area contributed by atoms with Crippen molar-refractivity contribution in [2.75, 3.05) is 26.2 Å². The maximum atomic E-state index is 13.0. The van der Waals surface area contributed by atoms with E-state index in [4.69, 9.17) is 0 Å². The fourth-order valence-corrected chi connectivity index (χ4v) is 4.98. The fourth-order valence-electron chi connectivity index (χ4n) is 4.20. The lowest BCUT2D eigenvalue weighted by Crippen LogP contribution is -2.50. The summed E-state index contributed by atoms with van der Waals surface area (Å²) in [5, 5.41) is 2.04. The van der Waals surface area contributed by atoms with Crippen LogP contribution in [-0.2, 0) is 0 Å². The van der Waals surface area contributed by atoms with Crippen molar-refractivity contribution in [2.45, 2.75) is 6.04 Å². The van der Waals surface area contributed by atoms with E-state index in [2.05, 4.69) is 70.5 Å². The molecular weight excluding hydrogens is 378 g/mol. The Balaban J connectivity index is 1.34. The Kier molecular flexibility index (Phi) is 4.92. The standard InChI is InChI=1S/C24H23N3OS/c28-24(21-17-22-20(25-21)11-16-29-22)27-14-12-26(13-15-27)23(18-7-3-1-4-8-18)19-9-5-2-6-10-19/h1-11,16-17,23,25H,12-15H2. The molecule has 3 heterocycles. The van der Waals surface area contributed by atoms with Crippen molar-refractivity contribution in [1.82, 2.24) is 14.8 Å². The van der Waals surface area contributed by atoms with Crippen LogP contribution in [0.2, 0.25) is 0 Å². The number of hydrogen-bond donors (Lipinski definition) is 1. The lowest BCUT2D eigenvalue weighted by Gasteiger charge is -2.39. The molecule has 1 aliphatic heterocycles. The van der Waals surface area contributed by atoms with E-state index in [1.54, 1.807) is 11.3 Å². The predicted molar refractivity (Wildman–Crippen MR) is 118 cm³/mol. The molecule has 0 saturated carbocycles. The monoisotopic (exact) mass is 401 g/mol.